The molecule has 1 aliphatic heterocycles. The van der Waals surface area contributed by atoms with Gasteiger partial charge in [-0.25, -0.2) is 0 Å². The molecular formula is C22H23NO3S. The molecule has 1 fully saturated rings. The summed E-state index contributed by atoms with van der Waals surface area (Å²) >= 11 is 5.24. The number of nitrogens with zero attached hydrogens (tertiary/aromatic N) is 1. The van der Waals surface area contributed by atoms with Crippen molar-refractivity contribution in [2.75, 3.05) is 6.61 Å². The third kappa shape index (κ3) is 4.81. The minimum Gasteiger partial charge on any atom is -0.468 e. The zero-order valence-corrected chi connectivity index (χ0v) is 16.0. The lowest BCUT2D eigenvalue weighted by Crippen LogP contribution is -2.45. The van der Waals surface area contributed by atoms with Crippen LogP contribution in [0.3, 0.4) is 0 Å². The van der Waals surface area contributed by atoms with Crippen LogP contribution in [0.5, 0.6) is 0 Å². The zero-order valence-electron chi connectivity index (χ0n) is 15.2. The van der Waals surface area contributed by atoms with Gasteiger partial charge < -0.3 is 9.84 Å². The number of rotatable bonds is 6. The van der Waals surface area contributed by atoms with E-state index in [0.717, 1.165) is 11.1 Å². The number of amides is 1. The largest absolute Gasteiger partial charge is 0.468 e. The number of thiocarbonyl (C=S) groups is 1. The van der Waals surface area contributed by atoms with E-state index >= 15 is 0 Å². The first-order valence-electron chi connectivity index (χ1n) is 9.01. The van der Waals surface area contributed by atoms with Crippen LogP contribution < -0.4 is 0 Å². The lowest BCUT2D eigenvalue weighted by Gasteiger charge is -2.26. The summed E-state index contributed by atoms with van der Waals surface area (Å²) in [7, 11) is 0. The Balaban J connectivity index is 1.68. The van der Waals surface area contributed by atoms with Gasteiger partial charge in [-0.3, -0.25) is 9.69 Å². The van der Waals surface area contributed by atoms with Crippen LogP contribution in [0.1, 0.15) is 18.1 Å². The lowest BCUT2D eigenvalue weighted by atomic mass is 9.99. The Kier molecular flexibility index (Phi) is 6.37. The molecule has 1 amide bonds. The van der Waals surface area contributed by atoms with Gasteiger partial charge in [0.2, 0.25) is 5.91 Å². The Morgan fingerprint density at radius 2 is 1.85 bits per heavy atom. The standard InChI is InChI=1S/C22H23NO3S/c1-16(20(24)13-12-17-8-4-2-5-9-17)21(25)23-19(15-26-22(23)27)14-18-10-6-3-7-11-18/h2-13,16,19-20,24H,14-15H2,1H3/b13-12+/t16-,19+,20+/m1/s1. The summed E-state index contributed by atoms with van der Waals surface area (Å²) in [6.07, 6.45) is 3.22. The molecule has 0 saturated carbocycles. The molecule has 0 spiro atoms. The molecule has 0 aliphatic carbocycles. The molecular weight excluding hydrogens is 358 g/mol. The molecule has 2 aromatic rings. The second-order valence-electron chi connectivity index (χ2n) is 6.68. The number of aliphatic hydroxyl groups excluding tert-OH is 1. The van der Waals surface area contributed by atoms with Gasteiger partial charge in [-0.15, -0.1) is 0 Å². The Bertz CT molecular complexity index is 807. The Morgan fingerprint density at radius 3 is 2.52 bits per heavy atom. The summed E-state index contributed by atoms with van der Waals surface area (Å²) in [4.78, 5) is 14.5. The van der Waals surface area contributed by atoms with Crippen molar-refractivity contribution >= 4 is 29.4 Å². The van der Waals surface area contributed by atoms with E-state index in [1.807, 2.05) is 66.7 Å². The second-order valence-corrected chi connectivity index (χ2v) is 7.03. The van der Waals surface area contributed by atoms with E-state index in [0.29, 0.717) is 13.0 Å². The van der Waals surface area contributed by atoms with Crippen LogP contribution in [-0.2, 0) is 16.0 Å². The SMILES string of the molecule is C[C@@H](C(=O)N1C(=S)OC[C@@H]1Cc1ccccc1)[C@@H](O)/C=C/c1ccccc1. The van der Waals surface area contributed by atoms with Crippen molar-refractivity contribution in [3.63, 3.8) is 0 Å². The van der Waals surface area contributed by atoms with Gasteiger partial charge in [-0.05, 0) is 29.8 Å². The van der Waals surface area contributed by atoms with Gasteiger partial charge in [-0.2, -0.15) is 0 Å². The van der Waals surface area contributed by atoms with Crippen molar-refractivity contribution in [2.24, 2.45) is 5.92 Å². The molecule has 3 rings (SSSR count). The fourth-order valence-corrected chi connectivity index (χ4v) is 3.38. The summed E-state index contributed by atoms with van der Waals surface area (Å²) in [6.45, 7) is 2.09. The van der Waals surface area contributed by atoms with Crippen LogP contribution in [0.25, 0.3) is 6.08 Å². The number of hydrogen-bond acceptors (Lipinski definition) is 4. The van der Waals surface area contributed by atoms with E-state index < -0.39 is 12.0 Å². The van der Waals surface area contributed by atoms with E-state index in [1.54, 1.807) is 13.0 Å². The van der Waals surface area contributed by atoms with E-state index in [4.69, 9.17) is 17.0 Å². The highest BCUT2D eigenvalue weighted by atomic mass is 32.1. The van der Waals surface area contributed by atoms with Gasteiger partial charge >= 0.3 is 0 Å². The number of aliphatic hydroxyl groups is 1. The van der Waals surface area contributed by atoms with Crippen LogP contribution in [0, 0.1) is 5.92 Å². The first-order valence-corrected chi connectivity index (χ1v) is 9.42. The fourth-order valence-electron chi connectivity index (χ4n) is 3.07. The summed E-state index contributed by atoms with van der Waals surface area (Å²) in [5, 5.41) is 10.6. The average Bonchev–Trinajstić information content (AvgIpc) is 3.06. The predicted octanol–water partition coefficient (Wildman–Crippen LogP) is 3.45. The van der Waals surface area contributed by atoms with E-state index in [1.165, 1.54) is 4.90 Å². The van der Waals surface area contributed by atoms with Crippen LogP contribution >= 0.6 is 12.2 Å². The number of hydrogen-bond donors (Lipinski definition) is 1. The molecule has 2 aromatic carbocycles. The molecule has 0 aromatic heterocycles. The van der Waals surface area contributed by atoms with Gasteiger partial charge in [0.1, 0.15) is 6.61 Å². The summed E-state index contributed by atoms with van der Waals surface area (Å²) in [5.74, 6) is -0.841. The number of benzene rings is 2. The highest BCUT2D eigenvalue weighted by molar-refractivity contribution is 7.80. The van der Waals surface area contributed by atoms with Crippen molar-refractivity contribution < 1.29 is 14.6 Å². The van der Waals surface area contributed by atoms with Crippen molar-refractivity contribution in [2.45, 2.75) is 25.5 Å². The van der Waals surface area contributed by atoms with Crippen molar-refractivity contribution in [3.8, 4) is 0 Å². The third-order valence-corrected chi connectivity index (χ3v) is 5.01. The van der Waals surface area contributed by atoms with Gasteiger partial charge in [0.25, 0.3) is 5.17 Å². The fraction of sp³-hybridized carbons (Fsp3) is 0.273. The van der Waals surface area contributed by atoms with Crippen LogP contribution in [0.2, 0.25) is 0 Å². The van der Waals surface area contributed by atoms with E-state index in [9.17, 15) is 9.90 Å². The number of ether oxygens (including phenoxy) is 1. The number of carbonyl (C=O) groups excluding carboxylic acids is 1. The Morgan fingerprint density at radius 1 is 1.22 bits per heavy atom. The molecule has 1 saturated heterocycles. The molecule has 5 heteroatoms. The van der Waals surface area contributed by atoms with Crippen LogP contribution in [0.4, 0.5) is 0 Å². The maximum atomic E-state index is 13.0. The maximum absolute atomic E-state index is 13.0. The van der Waals surface area contributed by atoms with Gasteiger partial charge in [0, 0.05) is 0 Å². The molecule has 0 unspecified atom stereocenters. The minimum absolute atomic E-state index is 0.153. The highest BCUT2D eigenvalue weighted by Crippen LogP contribution is 2.22. The van der Waals surface area contributed by atoms with Gasteiger partial charge in [0.15, 0.2) is 0 Å². The lowest BCUT2D eigenvalue weighted by molar-refractivity contribution is -0.134. The molecule has 4 nitrogen and oxygen atoms in total. The molecule has 0 radical (unpaired) electrons. The van der Waals surface area contributed by atoms with Gasteiger partial charge in [-0.1, -0.05) is 79.7 Å². The second kappa shape index (κ2) is 8.93. The molecule has 140 valence electrons. The smallest absolute Gasteiger partial charge is 0.266 e. The van der Waals surface area contributed by atoms with Crippen LogP contribution in [0.15, 0.2) is 66.7 Å². The summed E-state index contributed by atoms with van der Waals surface area (Å²) < 4.78 is 5.47. The molecule has 27 heavy (non-hydrogen) atoms. The van der Waals surface area contributed by atoms with Crippen molar-refractivity contribution in [1.29, 1.82) is 0 Å². The molecule has 0 bridgehead atoms. The molecule has 1 N–H and O–H groups in total. The highest BCUT2D eigenvalue weighted by Gasteiger charge is 2.38. The predicted molar refractivity (Wildman–Crippen MR) is 110 cm³/mol. The topological polar surface area (TPSA) is 49.8 Å². The first-order chi connectivity index (χ1) is 13.1. The molecule has 3 atom stereocenters. The summed E-state index contributed by atoms with van der Waals surface area (Å²) in [6, 6.07) is 19.4. The van der Waals surface area contributed by atoms with Crippen LogP contribution in [-0.4, -0.2) is 39.8 Å². The first kappa shape index (κ1) is 19.3. The van der Waals surface area contributed by atoms with E-state index in [-0.39, 0.29) is 17.1 Å². The third-order valence-electron chi connectivity index (χ3n) is 4.70. The minimum atomic E-state index is -0.904. The van der Waals surface area contributed by atoms with E-state index in [2.05, 4.69) is 0 Å². The van der Waals surface area contributed by atoms with Crippen molar-refractivity contribution in [3.05, 3.63) is 77.9 Å². The quantitative estimate of drug-likeness (QED) is 0.779. The molecule has 1 heterocycles. The van der Waals surface area contributed by atoms with Gasteiger partial charge in [0.05, 0.1) is 18.1 Å². The average molecular weight is 381 g/mol. The summed E-state index contributed by atoms with van der Waals surface area (Å²) in [5.41, 5.74) is 2.09. The maximum Gasteiger partial charge on any atom is 0.266 e. The Labute approximate surface area is 165 Å². The monoisotopic (exact) mass is 381 g/mol. The number of carbonyl (C=O) groups is 1. The van der Waals surface area contributed by atoms with Crippen molar-refractivity contribution in [1.82, 2.24) is 4.90 Å². The molecule has 1 aliphatic rings. The zero-order chi connectivity index (χ0) is 19.2. The normalized spacial score (nSPS) is 19.1. The Hall–Kier alpha value is -2.50.